The van der Waals surface area contributed by atoms with Gasteiger partial charge in [-0.2, -0.15) is 0 Å². The number of carbonyl (C=O) groups is 2. The summed E-state index contributed by atoms with van der Waals surface area (Å²) in [4.78, 5) is 23.2. The molecule has 0 saturated heterocycles. The van der Waals surface area contributed by atoms with Crippen LogP contribution in [0.4, 0.5) is 4.39 Å². The molecule has 20 heavy (non-hydrogen) atoms. The first kappa shape index (κ1) is 16.6. The number of amides is 2. The van der Waals surface area contributed by atoms with Gasteiger partial charge in [-0.1, -0.05) is 13.8 Å². The summed E-state index contributed by atoms with van der Waals surface area (Å²) in [5, 5.41) is 5.39. The van der Waals surface area contributed by atoms with E-state index >= 15 is 0 Å². The molecule has 2 amide bonds. The van der Waals surface area contributed by atoms with Gasteiger partial charge in [-0.15, -0.1) is 0 Å². The third-order valence-corrected chi connectivity index (χ3v) is 3.13. The Hall–Kier alpha value is -1.43. The highest BCUT2D eigenvalue weighted by atomic mass is 79.9. The van der Waals surface area contributed by atoms with E-state index in [1.54, 1.807) is 0 Å². The molecule has 0 aliphatic carbocycles. The number of hydrogen-bond donors (Lipinski definition) is 2. The summed E-state index contributed by atoms with van der Waals surface area (Å²) in [6, 6.07) is 4.02. The first-order chi connectivity index (χ1) is 9.40. The van der Waals surface area contributed by atoms with Crippen LogP contribution in [-0.4, -0.2) is 24.9 Å². The Bertz CT molecular complexity index is 492. The zero-order valence-electron chi connectivity index (χ0n) is 11.5. The van der Waals surface area contributed by atoms with Crippen molar-refractivity contribution in [2.75, 3.05) is 13.1 Å². The van der Waals surface area contributed by atoms with Crippen molar-refractivity contribution in [1.29, 1.82) is 0 Å². The average molecular weight is 345 g/mol. The van der Waals surface area contributed by atoms with Crippen LogP contribution in [-0.2, 0) is 4.79 Å². The second kappa shape index (κ2) is 7.99. The topological polar surface area (TPSA) is 58.2 Å². The van der Waals surface area contributed by atoms with E-state index in [4.69, 9.17) is 0 Å². The molecule has 0 spiro atoms. The number of rotatable bonds is 6. The molecular weight excluding hydrogens is 327 g/mol. The van der Waals surface area contributed by atoms with Crippen molar-refractivity contribution in [3.8, 4) is 0 Å². The number of nitrogens with one attached hydrogen (secondary N) is 2. The highest BCUT2D eigenvalue weighted by Gasteiger charge is 2.09. The molecule has 0 radical (unpaired) electrons. The molecule has 6 heteroatoms. The van der Waals surface area contributed by atoms with Crippen LogP contribution < -0.4 is 10.6 Å². The van der Waals surface area contributed by atoms with Crippen molar-refractivity contribution in [1.82, 2.24) is 10.6 Å². The zero-order valence-corrected chi connectivity index (χ0v) is 13.1. The van der Waals surface area contributed by atoms with Crippen LogP contribution in [0.3, 0.4) is 0 Å². The van der Waals surface area contributed by atoms with Crippen LogP contribution in [0.15, 0.2) is 22.7 Å². The van der Waals surface area contributed by atoms with Crippen LogP contribution >= 0.6 is 15.9 Å². The fourth-order valence-corrected chi connectivity index (χ4v) is 1.81. The number of hydrogen-bond acceptors (Lipinski definition) is 2. The first-order valence-electron chi connectivity index (χ1n) is 6.40. The smallest absolute Gasteiger partial charge is 0.251 e. The Morgan fingerprint density at radius 3 is 2.60 bits per heavy atom. The molecule has 0 fully saturated rings. The number of halogens is 2. The predicted molar refractivity (Wildman–Crippen MR) is 78.9 cm³/mol. The van der Waals surface area contributed by atoms with Crippen LogP contribution in [0, 0.1) is 11.7 Å². The fourth-order valence-electron chi connectivity index (χ4n) is 1.44. The molecule has 4 nitrogen and oxygen atoms in total. The minimum atomic E-state index is -0.422. The molecule has 0 unspecified atom stereocenters. The summed E-state index contributed by atoms with van der Waals surface area (Å²) < 4.78 is 13.3. The zero-order chi connectivity index (χ0) is 15.1. The van der Waals surface area contributed by atoms with Gasteiger partial charge in [-0.3, -0.25) is 9.59 Å². The Morgan fingerprint density at radius 2 is 2.00 bits per heavy atom. The summed E-state index contributed by atoms with van der Waals surface area (Å²) in [6.45, 7) is 4.89. The van der Waals surface area contributed by atoms with Gasteiger partial charge >= 0.3 is 0 Å². The van der Waals surface area contributed by atoms with E-state index in [2.05, 4.69) is 26.6 Å². The molecule has 0 aromatic heterocycles. The second-order valence-corrected chi connectivity index (χ2v) is 5.69. The van der Waals surface area contributed by atoms with Crippen molar-refractivity contribution in [2.45, 2.75) is 20.3 Å². The van der Waals surface area contributed by atoms with Gasteiger partial charge in [0.2, 0.25) is 5.91 Å². The van der Waals surface area contributed by atoms with Crippen molar-refractivity contribution in [3.63, 3.8) is 0 Å². The van der Waals surface area contributed by atoms with Gasteiger partial charge in [-0.05, 0) is 40.0 Å². The molecule has 0 atom stereocenters. The first-order valence-corrected chi connectivity index (χ1v) is 7.19. The molecule has 2 N–H and O–H groups in total. The lowest BCUT2D eigenvalue weighted by atomic mass is 10.2. The van der Waals surface area contributed by atoms with E-state index in [9.17, 15) is 14.0 Å². The Labute approximate surface area is 126 Å². The molecule has 110 valence electrons. The molecule has 0 saturated carbocycles. The van der Waals surface area contributed by atoms with Crippen molar-refractivity contribution >= 4 is 27.7 Å². The number of benzene rings is 1. The van der Waals surface area contributed by atoms with Crippen LogP contribution in [0.5, 0.6) is 0 Å². The lowest BCUT2D eigenvalue weighted by molar-refractivity contribution is -0.121. The molecule has 0 aliphatic heterocycles. The molecule has 0 aliphatic rings. The lowest BCUT2D eigenvalue weighted by Crippen LogP contribution is -2.32. The largest absolute Gasteiger partial charge is 0.356 e. The highest BCUT2D eigenvalue weighted by Crippen LogP contribution is 2.16. The third kappa shape index (κ3) is 5.69. The highest BCUT2D eigenvalue weighted by molar-refractivity contribution is 9.10. The lowest BCUT2D eigenvalue weighted by Gasteiger charge is -2.08. The van der Waals surface area contributed by atoms with E-state index in [1.165, 1.54) is 18.2 Å². The summed E-state index contributed by atoms with van der Waals surface area (Å²) in [5.74, 6) is -0.457. The summed E-state index contributed by atoms with van der Waals surface area (Å²) in [6.07, 6.45) is 0.223. The monoisotopic (exact) mass is 344 g/mol. The maximum atomic E-state index is 13.0. The molecule has 0 heterocycles. The third-order valence-electron chi connectivity index (χ3n) is 2.53. The fraction of sp³-hybridized carbons (Fsp3) is 0.429. The van der Waals surface area contributed by atoms with Gasteiger partial charge < -0.3 is 10.6 Å². The maximum Gasteiger partial charge on any atom is 0.251 e. The summed E-state index contributed by atoms with van der Waals surface area (Å²) in [7, 11) is 0. The van der Waals surface area contributed by atoms with Crippen molar-refractivity contribution in [2.24, 2.45) is 5.92 Å². The Morgan fingerprint density at radius 1 is 1.30 bits per heavy atom. The average Bonchev–Trinajstić information content (AvgIpc) is 2.39. The molecular formula is C14H18BrFN2O2. The van der Waals surface area contributed by atoms with E-state index in [-0.39, 0.29) is 29.3 Å². The van der Waals surface area contributed by atoms with Gasteiger partial charge in [0.15, 0.2) is 0 Å². The van der Waals surface area contributed by atoms with E-state index in [0.717, 1.165) is 0 Å². The van der Waals surface area contributed by atoms with E-state index < -0.39 is 5.82 Å². The minimum Gasteiger partial charge on any atom is -0.356 e. The normalized spacial score (nSPS) is 10.4. The number of carbonyl (C=O) groups excluding carboxylic acids is 2. The van der Waals surface area contributed by atoms with Crippen molar-refractivity contribution < 1.29 is 14.0 Å². The standard InChI is InChI=1S/C14H18BrFN2O2/c1-9(2)8-18-13(19)5-6-17-14(20)10-3-4-12(16)11(15)7-10/h3-4,7,9H,5-6,8H2,1-2H3,(H,17,20)(H,18,19). The van der Waals surface area contributed by atoms with E-state index in [1.807, 2.05) is 13.8 Å². The Kier molecular flexibility index (Phi) is 6.64. The molecule has 1 aromatic rings. The van der Waals surface area contributed by atoms with Gasteiger partial charge in [-0.25, -0.2) is 4.39 Å². The SMILES string of the molecule is CC(C)CNC(=O)CCNC(=O)c1ccc(F)c(Br)c1. The minimum absolute atomic E-state index is 0.0979. The summed E-state index contributed by atoms with van der Waals surface area (Å²) >= 11 is 3.02. The van der Waals surface area contributed by atoms with Crippen LogP contribution in [0.1, 0.15) is 30.6 Å². The summed E-state index contributed by atoms with van der Waals surface area (Å²) in [5.41, 5.74) is 0.348. The Balaban J connectivity index is 2.36. The molecule has 0 bridgehead atoms. The maximum absolute atomic E-state index is 13.0. The molecule has 1 aromatic carbocycles. The van der Waals surface area contributed by atoms with Crippen molar-refractivity contribution in [3.05, 3.63) is 34.1 Å². The van der Waals surface area contributed by atoms with Gasteiger partial charge in [0.05, 0.1) is 4.47 Å². The quantitative estimate of drug-likeness (QED) is 0.832. The van der Waals surface area contributed by atoms with E-state index in [0.29, 0.717) is 18.0 Å². The molecule has 1 rings (SSSR count). The van der Waals surface area contributed by atoms with Crippen LogP contribution in [0.2, 0.25) is 0 Å². The second-order valence-electron chi connectivity index (χ2n) is 4.83. The van der Waals surface area contributed by atoms with Gasteiger partial charge in [0, 0.05) is 25.1 Å². The van der Waals surface area contributed by atoms with Gasteiger partial charge in [0.1, 0.15) is 5.82 Å². The van der Waals surface area contributed by atoms with Gasteiger partial charge in [0.25, 0.3) is 5.91 Å². The van der Waals surface area contributed by atoms with Crippen LogP contribution in [0.25, 0.3) is 0 Å². The predicted octanol–water partition coefficient (Wildman–Crippen LogP) is 2.48.